The van der Waals surface area contributed by atoms with Crippen LogP contribution >= 0.6 is 0 Å². The van der Waals surface area contributed by atoms with Crippen LogP contribution < -0.4 is 5.32 Å². The topological polar surface area (TPSA) is 79.4 Å². The van der Waals surface area contributed by atoms with Gasteiger partial charge in [0.2, 0.25) is 15.9 Å². The van der Waals surface area contributed by atoms with Gasteiger partial charge in [-0.05, 0) is 31.0 Å². The predicted octanol–water partition coefficient (Wildman–Crippen LogP) is 1.15. The Morgan fingerprint density at radius 2 is 2.00 bits per heavy atom. The molecule has 0 saturated heterocycles. The Bertz CT molecular complexity index is 546. The Morgan fingerprint density at radius 1 is 1.38 bits per heavy atom. The number of rotatable bonds is 8. The van der Waals surface area contributed by atoms with Crippen LogP contribution in [-0.2, 0) is 21.4 Å². The zero-order valence-corrected chi connectivity index (χ0v) is 13.6. The van der Waals surface area contributed by atoms with Gasteiger partial charge in [-0.15, -0.1) is 0 Å². The fourth-order valence-electron chi connectivity index (χ4n) is 1.73. The Morgan fingerprint density at radius 3 is 2.52 bits per heavy atom. The first-order chi connectivity index (χ1) is 9.82. The Hall–Kier alpha value is -1.47. The molecule has 0 aromatic carbocycles. The van der Waals surface area contributed by atoms with Gasteiger partial charge in [-0.25, -0.2) is 8.42 Å². The van der Waals surface area contributed by atoms with E-state index in [1.54, 1.807) is 24.5 Å². The quantitative estimate of drug-likeness (QED) is 0.781. The second-order valence-corrected chi connectivity index (χ2v) is 7.06. The smallest absolute Gasteiger partial charge is 0.221 e. The number of pyridine rings is 1. The van der Waals surface area contributed by atoms with E-state index in [-0.39, 0.29) is 31.5 Å². The SMILES string of the molecule is CCC(C)NC(=O)CCN(Cc1ccncc1)S(C)(=O)=O. The van der Waals surface area contributed by atoms with Gasteiger partial charge in [0.15, 0.2) is 0 Å². The van der Waals surface area contributed by atoms with Crippen LogP contribution in [0.3, 0.4) is 0 Å². The Kier molecular flexibility index (Phi) is 6.77. The van der Waals surface area contributed by atoms with Gasteiger partial charge in [-0.3, -0.25) is 9.78 Å². The first-order valence-electron chi connectivity index (χ1n) is 6.96. The first-order valence-corrected chi connectivity index (χ1v) is 8.81. The molecule has 1 atom stereocenters. The second kappa shape index (κ2) is 8.09. The van der Waals surface area contributed by atoms with Crippen molar-refractivity contribution in [3.8, 4) is 0 Å². The summed E-state index contributed by atoms with van der Waals surface area (Å²) in [6.45, 7) is 4.32. The molecule has 1 rings (SSSR count). The number of carbonyl (C=O) groups is 1. The van der Waals surface area contributed by atoms with Gasteiger partial charge in [0.25, 0.3) is 0 Å². The lowest BCUT2D eigenvalue weighted by Crippen LogP contribution is -2.37. The lowest BCUT2D eigenvalue weighted by atomic mass is 10.2. The summed E-state index contributed by atoms with van der Waals surface area (Å²) in [5, 5.41) is 2.83. The third-order valence-electron chi connectivity index (χ3n) is 3.19. The maximum Gasteiger partial charge on any atom is 0.221 e. The molecule has 1 heterocycles. The minimum atomic E-state index is -3.36. The summed E-state index contributed by atoms with van der Waals surface area (Å²) in [6, 6.07) is 3.62. The molecule has 1 N–H and O–H groups in total. The average molecular weight is 313 g/mol. The van der Waals surface area contributed by atoms with E-state index in [1.165, 1.54) is 4.31 Å². The van der Waals surface area contributed by atoms with E-state index in [1.807, 2.05) is 13.8 Å². The lowest BCUT2D eigenvalue weighted by molar-refractivity contribution is -0.121. The summed E-state index contributed by atoms with van der Waals surface area (Å²) in [7, 11) is -3.36. The van der Waals surface area contributed by atoms with Crippen LogP contribution in [0.1, 0.15) is 32.3 Å². The molecule has 6 nitrogen and oxygen atoms in total. The third-order valence-corrected chi connectivity index (χ3v) is 4.44. The summed E-state index contributed by atoms with van der Waals surface area (Å²) in [5.74, 6) is -0.132. The molecule has 0 saturated carbocycles. The monoisotopic (exact) mass is 313 g/mol. The van der Waals surface area contributed by atoms with Crippen molar-refractivity contribution in [1.82, 2.24) is 14.6 Å². The van der Waals surface area contributed by atoms with E-state index >= 15 is 0 Å². The molecule has 0 bridgehead atoms. The van der Waals surface area contributed by atoms with E-state index in [9.17, 15) is 13.2 Å². The van der Waals surface area contributed by atoms with E-state index < -0.39 is 10.0 Å². The maximum atomic E-state index is 11.8. The van der Waals surface area contributed by atoms with Crippen molar-refractivity contribution >= 4 is 15.9 Å². The molecule has 0 fully saturated rings. The number of hydrogen-bond donors (Lipinski definition) is 1. The van der Waals surface area contributed by atoms with Gasteiger partial charge in [0.1, 0.15) is 0 Å². The number of carbonyl (C=O) groups excluding carboxylic acids is 1. The van der Waals surface area contributed by atoms with Gasteiger partial charge in [-0.1, -0.05) is 6.92 Å². The lowest BCUT2D eigenvalue weighted by Gasteiger charge is -2.20. The second-order valence-electron chi connectivity index (χ2n) is 5.08. The van der Waals surface area contributed by atoms with Crippen LogP contribution in [0.2, 0.25) is 0 Å². The molecule has 0 radical (unpaired) electrons. The summed E-state index contributed by atoms with van der Waals surface area (Å²) < 4.78 is 24.9. The van der Waals surface area contributed by atoms with Crippen molar-refractivity contribution < 1.29 is 13.2 Å². The van der Waals surface area contributed by atoms with E-state index in [2.05, 4.69) is 10.3 Å². The van der Waals surface area contributed by atoms with Crippen LogP contribution in [0.4, 0.5) is 0 Å². The van der Waals surface area contributed by atoms with Gasteiger partial charge in [0.05, 0.1) is 6.26 Å². The van der Waals surface area contributed by atoms with Crippen LogP contribution in [0, 0.1) is 0 Å². The minimum absolute atomic E-state index is 0.101. The highest BCUT2D eigenvalue weighted by atomic mass is 32.2. The number of amides is 1. The molecule has 0 aliphatic heterocycles. The van der Waals surface area contributed by atoms with Crippen LogP contribution in [0.5, 0.6) is 0 Å². The standard InChI is InChI=1S/C14H23N3O3S/c1-4-12(2)16-14(18)7-10-17(21(3,19)20)11-13-5-8-15-9-6-13/h5-6,8-9,12H,4,7,10-11H2,1-3H3,(H,16,18). The molecule has 1 aromatic heterocycles. The summed E-state index contributed by atoms with van der Waals surface area (Å²) >= 11 is 0. The predicted molar refractivity (Wildman–Crippen MR) is 82.0 cm³/mol. The molecule has 118 valence electrons. The number of hydrogen-bond acceptors (Lipinski definition) is 4. The molecule has 0 spiro atoms. The van der Waals surface area contributed by atoms with Crippen molar-refractivity contribution in [2.45, 2.75) is 39.3 Å². The minimum Gasteiger partial charge on any atom is -0.354 e. The summed E-state index contributed by atoms with van der Waals surface area (Å²) in [4.78, 5) is 15.7. The van der Waals surface area contributed by atoms with Crippen molar-refractivity contribution in [2.75, 3.05) is 12.8 Å². The average Bonchev–Trinajstić information content (AvgIpc) is 2.43. The van der Waals surface area contributed by atoms with Crippen molar-refractivity contribution in [2.24, 2.45) is 0 Å². The number of nitrogens with one attached hydrogen (secondary N) is 1. The van der Waals surface area contributed by atoms with Crippen molar-refractivity contribution in [1.29, 1.82) is 0 Å². The zero-order valence-electron chi connectivity index (χ0n) is 12.7. The van der Waals surface area contributed by atoms with E-state index in [0.29, 0.717) is 0 Å². The first kappa shape index (κ1) is 17.6. The summed E-state index contributed by atoms with van der Waals surface area (Å²) in [5.41, 5.74) is 0.845. The van der Waals surface area contributed by atoms with Gasteiger partial charge >= 0.3 is 0 Å². The zero-order chi connectivity index (χ0) is 15.9. The number of nitrogens with zero attached hydrogens (tertiary/aromatic N) is 2. The van der Waals surface area contributed by atoms with E-state index in [0.717, 1.165) is 18.2 Å². The highest BCUT2D eigenvalue weighted by Gasteiger charge is 2.18. The molecular weight excluding hydrogens is 290 g/mol. The fourth-order valence-corrected chi connectivity index (χ4v) is 2.54. The molecular formula is C14H23N3O3S. The molecule has 1 amide bonds. The van der Waals surface area contributed by atoms with Crippen LogP contribution in [0.25, 0.3) is 0 Å². The highest BCUT2D eigenvalue weighted by Crippen LogP contribution is 2.08. The molecule has 0 aliphatic rings. The maximum absolute atomic E-state index is 11.8. The largest absolute Gasteiger partial charge is 0.354 e. The molecule has 1 aromatic rings. The molecule has 0 aliphatic carbocycles. The number of aromatic nitrogens is 1. The van der Waals surface area contributed by atoms with Gasteiger partial charge < -0.3 is 5.32 Å². The fraction of sp³-hybridized carbons (Fsp3) is 0.571. The van der Waals surface area contributed by atoms with Gasteiger partial charge in [-0.2, -0.15) is 4.31 Å². The van der Waals surface area contributed by atoms with Crippen LogP contribution in [0.15, 0.2) is 24.5 Å². The normalized spacial score (nSPS) is 13.1. The Balaban J connectivity index is 2.62. The third kappa shape index (κ3) is 6.68. The van der Waals surface area contributed by atoms with Crippen molar-refractivity contribution in [3.63, 3.8) is 0 Å². The van der Waals surface area contributed by atoms with E-state index in [4.69, 9.17) is 0 Å². The van der Waals surface area contributed by atoms with Crippen LogP contribution in [-0.4, -0.2) is 42.5 Å². The molecule has 7 heteroatoms. The molecule has 21 heavy (non-hydrogen) atoms. The number of sulfonamides is 1. The molecule has 1 unspecified atom stereocenters. The van der Waals surface area contributed by atoms with Crippen molar-refractivity contribution in [3.05, 3.63) is 30.1 Å². The summed E-state index contributed by atoms with van der Waals surface area (Å²) in [6.07, 6.45) is 5.39. The van der Waals surface area contributed by atoms with Gasteiger partial charge in [0, 0.05) is 37.9 Å². The Labute approximate surface area is 126 Å². The highest BCUT2D eigenvalue weighted by molar-refractivity contribution is 7.88.